The average molecular weight is 273 g/mol. The fraction of sp³-hybridized carbons (Fsp3) is 0.286. The van der Waals surface area contributed by atoms with Crippen LogP contribution in [0.25, 0.3) is 0 Å². The van der Waals surface area contributed by atoms with E-state index in [1.807, 2.05) is 28.9 Å². The first-order valence-corrected chi connectivity index (χ1v) is 6.56. The van der Waals surface area contributed by atoms with Gasteiger partial charge in [0, 0.05) is 11.1 Å². The van der Waals surface area contributed by atoms with Crippen molar-refractivity contribution < 1.29 is 0 Å². The van der Waals surface area contributed by atoms with Crippen molar-refractivity contribution in [2.24, 2.45) is 0 Å². The Morgan fingerprint density at radius 3 is 2.84 bits per heavy atom. The van der Waals surface area contributed by atoms with E-state index in [1.54, 1.807) is 6.20 Å². The second-order valence-electron chi connectivity index (χ2n) is 4.81. The molecule has 1 aliphatic heterocycles. The Kier molecular flexibility index (Phi) is 2.92. The topological polar surface area (TPSA) is 53.6 Å². The van der Waals surface area contributed by atoms with Gasteiger partial charge in [-0.15, -0.1) is 0 Å². The summed E-state index contributed by atoms with van der Waals surface area (Å²) in [6.07, 6.45) is 2.55. The first-order chi connectivity index (χ1) is 9.19. The molecule has 0 fully saturated rings. The number of aromatic nitrogens is 2. The molecule has 5 heteroatoms. The molecule has 0 spiro atoms. The maximum atomic E-state index is 9.10. The van der Waals surface area contributed by atoms with E-state index >= 15 is 0 Å². The van der Waals surface area contributed by atoms with Gasteiger partial charge in [-0.2, -0.15) is 10.4 Å². The lowest BCUT2D eigenvalue weighted by atomic mass is 9.98. The van der Waals surface area contributed by atoms with Crippen molar-refractivity contribution >= 4 is 17.4 Å². The van der Waals surface area contributed by atoms with Gasteiger partial charge in [-0.05, 0) is 31.0 Å². The van der Waals surface area contributed by atoms with Crippen LogP contribution in [0, 0.1) is 11.3 Å². The summed E-state index contributed by atoms with van der Waals surface area (Å²) in [4.78, 5) is 0. The monoisotopic (exact) mass is 272 g/mol. The van der Waals surface area contributed by atoms with Gasteiger partial charge in [0.05, 0.1) is 12.2 Å². The van der Waals surface area contributed by atoms with Gasteiger partial charge < -0.3 is 5.32 Å². The van der Waals surface area contributed by atoms with Crippen LogP contribution >= 0.6 is 11.6 Å². The van der Waals surface area contributed by atoms with Crippen molar-refractivity contribution in [1.82, 2.24) is 9.78 Å². The maximum absolute atomic E-state index is 9.10. The lowest BCUT2D eigenvalue weighted by Gasteiger charge is -2.30. The van der Waals surface area contributed by atoms with E-state index < -0.39 is 0 Å². The van der Waals surface area contributed by atoms with Gasteiger partial charge >= 0.3 is 0 Å². The first kappa shape index (κ1) is 12.1. The van der Waals surface area contributed by atoms with Crippen molar-refractivity contribution in [3.8, 4) is 6.07 Å². The van der Waals surface area contributed by atoms with Gasteiger partial charge in [0.25, 0.3) is 0 Å². The first-order valence-electron chi connectivity index (χ1n) is 6.18. The fourth-order valence-electron chi connectivity index (χ4n) is 2.51. The molecule has 0 aliphatic carbocycles. The van der Waals surface area contributed by atoms with E-state index in [1.165, 1.54) is 0 Å². The Balaban J connectivity index is 2.06. The molecule has 1 aliphatic rings. The van der Waals surface area contributed by atoms with Crippen molar-refractivity contribution in [2.45, 2.75) is 25.4 Å². The third-order valence-electron chi connectivity index (χ3n) is 3.43. The van der Waals surface area contributed by atoms with Crippen molar-refractivity contribution in [3.63, 3.8) is 0 Å². The molecule has 0 bridgehead atoms. The summed E-state index contributed by atoms with van der Waals surface area (Å²) in [7, 11) is 0. The fourth-order valence-corrected chi connectivity index (χ4v) is 2.64. The van der Waals surface area contributed by atoms with Gasteiger partial charge in [-0.25, -0.2) is 4.68 Å². The molecule has 1 aromatic heterocycles. The molecular weight excluding hydrogens is 260 g/mol. The number of nitriles is 1. The minimum atomic E-state index is 0.144. The Bertz CT molecular complexity index is 638. The summed E-state index contributed by atoms with van der Waals surface area (Å²) in [6.45, 7) is 2.11. The number of hydrogen-bond acceptors (Lipinski definition) is 3. The van der Waals surface area contributed by atoms with Crippen LogP contribution in [0.15, 0.2) is 30.5 Å². The molecule has 96 valence electrons. The molecule has 0 radical (unpaired) electrons. The molecule has 2 heterocycles. The standard InChI is InChI=1S/C14H13ClN4/c1-9-6-13(10-2-4-12(15)5-3-10)19-14(18-9)11(7-16)8-17-19/h2-5,8-9,13,18H,6H2,1H3. The lowest BCUT2D eigenvalue weighted by Crippen LogP contribution is -2.31. The highest BCUT2D eigenvalue weighted by Crippen LogP contribution is 2.33. The second-order valence-corrected chi connectivity index (χ2v) is 5.25. The minimum absolute atomic E-state index is 0.144. The van der Waals surface area contributed by atoms with Gasteiger partial charge in [0.2, 0.25) is 0 Å². The lowest BCUT2D eigenvalue weighted by molar-refractivity contribution is 0.439. The molecule has 1 aromatic carbocycles. The molecule has 19 heavy (non-hydrogen) atoms. The predicted octanol–water partition coefficient (Wildman–Crippen LogP) is 3.20. The zero-order valence-corrected chi connectivity index (χ0v) is 11.2. The van der Waals surface area contributed by atoms with Gasteiger partial charge in [-0.3, -0.25) is 0 Å². The molecule has 2 unspecified atom stereocenters. The molecule has 0 saturated heterocycles. The highest BCUT2D eigenvalue weighted by Gasteiger charge is 2.28. The van der Waals surface area contributed by atoms with Crippen molar-refractivity contribution in [2.75, 3.05) is 5.32 Å². The number of nitrogens with one attached hydrogen (secondary N) is 1. The van der Waals surface area contributed by atoms with Crippen molar-refractivity contribution in [3.05, 3.63) is 46.6 Å². The average Bonchev–Trinajstić information content (AvgIpc) is 2.81. The molecule has 2 atom stereocenters. The van der Waals surface area contributed by atoms with E-state index in [-0.39, 0.29) is 6.04 Å². The molecule has 1 N–H and O–H groups in total. The van der Waals surface area contributed by atoms with Crippen LogP contribution < -0.4 is 5.32 Å². The number of hydrogen-bond donors (Lipinski definition) is 1. The Morgan fingerprint density at radius 2 is 2.16 bits per heavy atom. The number of fused-ring (bicyclic) bond motifs is 1. The van der Waals surface area contributed by atoms with Crippen LogP contribution in [0.1, 0.15) is 30.5 Å². The van der Waals surface area contributed by atoms with Crippen LogP contribution in [0.2, 0.25) is 5.02 Å². The largest absolute Gasteiger partial charge is 0.367 e. The Morgan fingerprint density at radius 1 is 1.42 bits per heavy atom. The molecular formula is C14H13ClN4. The summed E-state index contributed by atoms with van der Waals surface area (Å²) in [6, 6.07) is 10.4. The normalized spacial score (nSPS) is 21.3. The summed E-state index contributed by atoms with van der Waals surface area (Å²) in [5.41, 5.74) is 1.75. The number of nitrogens with zero attached hydrogens (tertiary/aromatic N) is 3. The van der Waals surface area contributed by atoms with Gasteiger partial charge in [0.15, 0.2) is 0 Å². The predicted molar refractivity (Wildman–Crippen MR) is 74.2 cm³/mol. The van der Waals surface area contributed by atoms with Crippen LogP contribution in [0.5, 0.6) is 0 Å². The van der Waals surface area contributed by atoms with E-state index in [0.717, 1.165) is 22.8 Å². The number of anilines is 1. The molecule has 3 rings (SSSR count). The molecule has 0 saturated carbocycles. The van der Waals surface area contributed by atoms with Crippen LogP contribution in [-0.2, 0) is 0 Å². The SMILES string of the molecule is CC1CC(c2ccc(Cl)cc2)n2ncc(C#N)c2N1. The zero-order valence-electron chi connectivity index (χ0n) is 10.5. The zero-order chi connectivity index (χ0) is 13.4. The number of rotatable bonds is 1. The summed E-state index contributed by atoms with van der Waals surface area (Å²) < 4.78 is 1.89. The van der Waals surface area contributed by atoms with Gasteiger partial charge in [0.1, 0.15) is 17.5 Å². The van der Waals surface area contributed by atoms with E-state index in [4.69, 9.17) is 16.9 Å². The summed E-state index contributed by atoms with van der Waals surface area (Å²) in [5, 5.41) is 17.5. The highest BCUT2D eigenvalue weighted by atomic mass is 35.5. The third-order valence-corrected chi connectivity index (χ3v) is 3.68. The number of halogens is 1. The van der Waals surface area contributed by atoms with Crippen LogP contribution in [-0.4, -0.2) is 15.8 Å². The Labute approximate surface area is 116 Å². The highest BCUT2D eigenvalue weighted by molar-refractivity contribution is 6.30. The molecule has 2 aromatic rings. The maximum Gasteiger partial charge on any atom is 0.143 e. The Hall–Kier alpha value is -1.99. The summed E-state index contributed by atoms with van der Waals surface area (Å²) >= 11 is 5.93. The summed E-state index contributed by atoms with van der Waals surface area (Å²) in [5.74, 6) is 0.807. The van der Waals surface area contributed by atoms with E-state index in [2.05, 4.69) is 23.4 Å². The van der Waals surface area contributed by atoms with Gasteiger partial charge in [-0.1, -0.05) is 23.7 Å². The van der Waals surface area contributed by atoms with E-state index in [0.29, 0.717) is 11.6 Å². The molecule has 0 amide bonds. The van der Waals surface area contributed by atoms with Crippen LogP contribution in [0.4, 0.5) is 5.82 Å². The molecule has 4 nitrogen and oxygen atoms in total. The quantitative estimate of drug-likeness (QED) is 0.867. The van der Waals surface area contributed by atoms with Crippen molar-refractivity contribution in [1.29, 1.82) is 5.26 Å². The minimum Gasteiger partial charge on any atom is -0.367 e. The third kappa shape index (κ3) is 2.06. The number of benzene rings is 1. The second kappa shape index (κ2) is 4.60. The van der Waals surface area contributed by atoms with Crippen LogP contribution in [0.3, 0.4) is 0 Å². The smallest absolute Gasteiger partial charge is 0.143 e. The van der Waals surface area contributed by atoms with E-state index in [9.17, 15) is 0 Å².